The summed E-state index contributed by atoms with van der Waals surface area (Å²) in [5, 5.41) is 19.3. The lowest BCUT2D eigenvalue weighted by Crippen LogP contribution is -2.28. The van der Waals surface area contributed by atoms with Crippen molar-refractivity contribution in [2.45, 2.75) is 58.5 Å². The highest BCUT2D eigenvalue weighted by Crippen LogP contribution is 2.26. The van der Waals surface area contributed by atoms with E-state index >= 15 is 0 Å². The fraction of sp³-hybridized carbons (Fsp3) is 0.302. The number of nitrogen functional groups attached to an aromatic ring is 1. The summed E-state index contributed by atoms with van der Waals surface area (Å²) in [6.07, 6.45) is 7.12. The minimum Gasteiger partial charge on any atom is -0.399 e. The molecule has 2 N–H and O–H groups in total. The smallest absolute Gasteiger partial charge is 0.263 e. The summed E-state index contributed by atoms with van der Waals surface area (Å²) >= 11 is 3.49. The van der Waals surface area contributed by atoms with Gasteiger partial charge >= 0.3 is 0 Å². The molecule has 2 saturated heterocycles. The monoisotopic (exact) mass is 825 g/mol. The van der Waals surface area contributed by atoms with Crippen molar-refractivity contribution < 1.29 is 0 Å². The van der Waals surface area contributed by atoms with Gasteiger partial charge in [-0.05, 0) is 86.2 Å². The van der Waals surface area contributed by atoms with E-state index in [1.807, 2.05) is 96.3 Å². The number of nitrogens with two attached hydrogens (primary N) is 1. The Labute approximate surface area is 337 Å². The molecule has 2 aliphatic rings. The van der Waals surface area contributed by atoms with Crippen LogP contribution in [0.4, 0.5) is 17.6 Å². The molecule has 10 rings (SSSR count). The van der Waals surface area contributed by atoms with E-state index in [4.69, 9.17) is 5.73 Å². The molecule has 0 spiro atoms. The highest BCUT2D eigenvalue weighted by Gasteiger charge is 2.24. The Kier molecular flexibility index (Phi) is 9.95. The van der Waals surface area contributed by atoms with E-state index in [1.165, 1.54) is 12.8 Å². The SMILES string of the molecule is Cc1ccc2c(c1)c(=O)n(Cc1ccccc1)c1nnc(N3CCCCCC3)n21.Nc1ccc(Cn2c(=O)c3cc(Br)ccc3n3c(N4CCCC4)nnc23)cc1. The summed E-state index contributed by atoms with van der Waals surface area (Å²) in [6, 6.07) is 29.4. The van der Waals surface area contributed by atoms with Crippen LogP contribution < -0.4 is 26.7 Å². The third-order valence-electron chi connectivity index (χ3n) is 11.1. The molecular weight excluding hydrogens is 782 g/mol. The van der Waals surface area contributed by atoms with Crippen molar-refractivity contribution in [3.05, 3.63) is 133 Å². The second kappa shape index (κ2) is 15.5. The molecule has 0 atom stereocenters. The van der Waals surface area contributed by atoms with Gasteiger partial charge in [0.15, 0.2) is 0 Å². The summed E-state index contributed by atoms with van der Waals surface area (Å²) in [7, 11) is 0. The Morgan fingerprint density at radius 3 is 1.63 bits per heavy atom. The van der Waals surface area contributed by atoms with E-state index in [0.29, 0.717) is 41.1 Å². The van der Waals surface area contributed by atoms with Crippen LogP contribution in [0, 0.1) is 6.92 Å². The molecule has 0 bridgehead atoms. The van der Waals surface area contributed by atoms with Gasteiger partial charge in [-0.15, -0.1) is 20.4 Å². The van der Waals surface area contributed by atoms with Gasteiger partial charge < -0.3 is 15.5 Å². The summed E-state index contributed by atoms with van der Waals surface area (Å²) in [4.78, 5) is 31.3. The van der Waals surface area contributed by atoms with Crippen molar-refractivity contribution in [3.63, 3.8) is 0 Å². The van der Waals surface area contributed by atoms with Gasteiger partial charge in [-0.3, -0.25) is 18.7 Å². The summed E-state index contributed by atoms with van der Waals surface area (Å²) in [5.41, 5.74) is 11.2. The van der Waals surface area contributed by atoms with Crippen molar-refractivity contribution in [2.75, 3.05) is 41.7 Å². The number of aryl methyl sites for hydroxylation is 1. The number of benzene rings is 4. The van der Waals surface area contributed by atoms with Crippen LogP contribution in [-0.2, 0) is 13.1 Å². The Balaban J connectivity index is 0.000000148. The van der Waals surface area contributed by atoms with Crippen molar-refractivity contribution in [1.29, 1.82) is 0 Å². The van der Waals surface area contributed by atoms with Crippen molar-refractivity contribution >= 4 is 66.9 Å². The van der Waals surface area contributed by atoms with E-state index in [0.717, 1.165) is 96.0 Å². The number of nitrogens with zero attached hydrogens (tertiary/aromatic N) is 10. The molecule has 4 aromatic heterocycles. The maximum atomic E-state index is 13.4. The minimum atomic E-state index is -0.0824. The van der Waals surface area contributed by atoms with Crippen molar-refractivity contribution in [1.82, 2.24) is 38.3 Å². The first kappa shape index (κ1) is 36.6. The molecule has 0 radical (unpaired) electrons. The lowest BCUT2D eigenvalue weighted by molar-refractivity contribution is 0.726. The van der Waals surface area contributed by atoms with E-state index in [9.17, 15) is 9.59 Å². The summed E-state index contributed by atoms with van der Waals surface area (Å²) in [5.74, 6) is 2.80. The van der Waals surface area contributed by atoms with Gasteiger partial charge in [0.2, 0.25) is 23.5 Å². The summed E-state index contributed by atoms with van der Waals surface area (Å²) in [6.45, 7) is 6.77. The van der Waals surface area contributed by atoms with Crippen LogP contribution in [0.1, 0.15) is 55.2 Å². The number of rotatable bonds is 6. The zero-order valence-electron chi connectivity index (χ0n) is 31.9. The third kappa shape index (κ3) is 7.02. The zero-order valence-corrected chi connectivity index (χ0v) is 33.5. The molecule has 0 amide bonds. The molecule has 6 heterocycles. The molecule has 0 aliphatic carbocycles. The second-order valence-corrected chi connectivity index (χ2v) is 16.0. The standard InChI is InChI=1S/C23H25N5O.C20H19BrN6O/c1-17-11-12-20-19(15-17)21(29)27(16-18-9-5-4-6-10-18)23-25-24-22(28(20)23)26-13-7-2-3-8-14-26;21-14-5-8-17-16(11-14)18(28)26(12-13-3-6-15(22)7-4-13)20-24-23-19(27(17)20)25-9-1-2-10-25/h4-6,9-12,15H,2-3,7-8,13-14,16H2,1H3;3-8,11H,1-2,9-10,12,22H2. The summed E-state index contributed by atoms with van der Waals surface area (Å²) < 4.78 is 8.39. The third-order valence-corrected chi connectivity index (χ3v) is 11.6. The zero-order chi connectivity index (χ0) is 39.0. The van der Waals surface area contributed by atoms with Crippen LogP contribution in [0.25, 0.3) is 33.4 Å². The van der Waals surface area contributed by atoms with Crippen LogP contribution in [0.3, 0.4) is 0 Å². The first-order valence-electron chi connectivity index (χ1n) is 19.7. The highest BCUT2D eigenvalue weighted by atomic mass is 79.9. The quantitative estimate of drug-likeness (QED) is 0.179. The predicted molar refractivity (Wildman–Crippen MR) is 230 cm³/mol. The molecule has 2 fully saturated rings. The number of hydrogen-bond acceptors (Lipinski definition) is 9. The first-order valence-corrected chi connectivity index (χ1v) is 20.5. The normalized spacial score (nSPS) is 14.8. The van der Waals surface area contributed by atoms with Gasteiger partial charge in [-0.1, -0.05) is 82.9 Å². The van der Waals surface area contributed by atoms with Gasteiger partial charge in [0.05, 0.1) is 34.9 Å². The average molecular weight is 827 g/mol. The lowest BCUT2D eigenvalue weighted by atomic mass is 10.1. The Hall–Kier alpha value is -6.02. The predicted octanol–water partition coefficient (Wildman–Crippen LogP) is 6.82. The average Bonchev–Trinajstić information content (AvgIpc) is 3.97. The van der Waals surface area contributed by atoms with E-state index < -0.39 is 0 Å². The molecule has 4 aromatic carbocycles. The van der Waals surface area contributed by atoms with Gasteiger partial charge in [0.25, 0.3) is 11.1 Å². The Morgan fingerprint density at radius 2 is 1.07 bits per heavy atom. The second-order valence-electron chi connectivity index (χ2n) is 15.1. The minimum absolute atomic E-state index is 0.0186. The van der Waals surface area contributed by atoms with Gasteiger partial charge in [0, 0.05) is 36.3 Å². The lowest BCUT2D eigenvalue weighted by Gasteiger charge is -2.21. The molecule has 2 aliphatic heterocycles. The van der Waals surface area contributed by atoms with Gasteiger partial charge in [-0.25, -0.2) is 8.80 Å². The van der Waals surface area contributed by atoms with Crippen molar-refractivity contribution in [3.8, 4) is 0 Å². The van der Waals surface area contributed by atoms with Crippen LogP contribution >= 0.6 is 15.9 Å². The van der Waals surface area contributed by atoms with Gasteiger partial charge in [0.1, 0.15) is 0 Å². The van der Waals surface area contributed by atoms with Crippen LogP contribution in [0.15, 0.2) is 105 Å². The highest BCUT2D eigenvalue weighted by molar-refractivity contribution is 9.10. The van der Waals surface area contributed by atoms with Crippen molar-refractivity contribution in [2.24, 2.45) is 0 Å². The van der Waals surface area contributed by atoms with E-state index in [-0.39, 0.29) is 11.1 Å². The topological polar surface area (TPSA) is 137 Å². The van der Waals surface area contributed by atoms with Crippen LogP contribution in [-0.4, -0.2) is 64.5 Å². The molecule has 0 unspecified atom stereocenters. The maximum Gasteiger partial charge on any atom is 0.263 e. The molecule has 8 aromatic rings. The first-order chi connectivity index (χ1) is 27.8. The molecule has 14 heteroatoms. The number of halogens is 1. The molecular formula is C43H44BrN11O2. The molecule has 290 valence electrons. The molecule has 0 saturated carbocycles. The van der Waals surface area contributed by atoms with E-state index in [2.05, 4.69) is 56.6 Å². The number of aromatic nitrogens is 8. The van der Waals surface area contributed by atoms with Crippen LogP contribution in [0.2, 0.25) is 0 Å². The largest absolute Gasteiger partial charge is 0.399 e. The Bertz CT molecular complexity index is 2850. The number of hydrogen-bond donors (Lipinski definition) is 1. The fourth-order valence-electron chi connectivity index (χ4n) is 8.13. The molecule has 13 nitrogen and oxygen atoms in total. The van der Waals surface area contributed by atoms with Gasteiger partial charge in [-0.2, -0.15) is 0 Å². The van der Waals surface area contributed by atoms with E-state index in [1.54, 1.807) is 9.13 Å². The number of fused-ring (bicyclic) bond motifs is 6. The molecule has 57 heavy (non-hydrogen) atoms. The maximum absolute atomic E-state index is 13.4. The number of anilines is 3. The fourth-order valence-corrected chi connectivity index (χ4v) is 8.50. The van der Waals surface area contributed by atoms with Crippen LogP contribution in [0.5, 0.6) is 0 Å². The Morgan fingerprint density at radius 1 is 0.579 bits per heavy atom.